The van der Waals surface area contributed by atoms with E-state index in [1.807, 2.05) is 19.1 Å². The van der Waals surface area contributed by atoms with Crippen LogP contribution in [-0.2, 0) is 21.1 Å². The van der Waals surface area contributed by atoms with Crippen molar-refractivity contribution in [3.63, 3.8) is 0 Å². The minimum Gasteiger partial charge on any atom is -0.484 e. The monoisotopic (exact) mass is 390 g/mol. The number of aryl methyl sites for hydroxylation is 1. The van der Waals surface area contributed by atoms with Crippen molar-refractivity contribution in [2.45, 2.75) is 18.2 Å². The van der Waals surface area contributed by atoms with Crippen LogP contribution in [0.3, 0.4) is 0 Å². The van der Waals surface area contributed by atoms with E-state index >= 15 is 0 Å². The Balaban J connectivity index is 1.60. The smallest absolute Gasteiger partial charge is 0.276 e. The number of carbonyl (C=O) groups is 1. The van der Waals surface area contributed by atoms with Gasteiger partial charge in [0, 0.05) is 5.56 Å². The number of benzene rings is 2. The first kappa shape index (κ1) is 18.9. The van der Waals surface area contributed by atoms with E-state index in [0.29, 0.717) is 11.4 Å². The summed E-state index contributed by atoms with van der Waals surface area (Å²) in [5, 5.41) is 0. The highest BCUT2D eigenvalue weighted by Crippen LogP contribution is 2.28. The maximum Gasteiger partial charge on any atom is 0.276 e. The van der Waals surface area contributed by atoms with Gasteiger partial charge in [0.15, 0.2) is 16.4 Å². The number of sulfone groups is 1. The van der Waals surface area contributed by atoms with Crippen LogP contribution in [0.5, 0.6) is 5.75 Å². The van der Waals surface area contributed by atoms with E-state index in [-0.39, 0.29) is 22.8 Å². The lowest BCUT2D eigenvalue weighted by molar-refractivity contribution is -0.123. The molecule has 142 valence electrons. The summed E-state index contributed by atoms with van der Waals surface area (Å²) in [6.45, 7) is 1.82. The van der Waals surface area contributed by atoms with E-state index in [1.54, 1.807) is 12.1 Å². The number of rotatable bonds is 6. The largest absolute Gasteiger partial charge is 0.484 e. The van der Waals surface area contributed by atoms with Crippen LogP contribution in [-0.4, -0.2) is 26.7 Å². The third-order valence-corrected chi connectivity index (χ3v) is 5.74. The summed E-state index contributed by atoms with van der Waals surface area (Å²) < 4.78 is 43.1. The highest BCUT2D eigenvalue weighted by Gasteiger charge is 2.25. The molecular weight excluding hydrogens is 371 g/mol. The van der Waals surface area contributed by atoms with E-state index in [0.717, 1.165) is 18.6 Å². The summed E-state index contributed by atoms with van der Waals surface area (Å²) in [6.07, 6.45) is 2.30. The van der Waals surface area contributed by atoms with Gasteiger partial charge in [-0.3, -0.25) is 15.6 Å². The number of amides is 1. The lowest BCUT2D eigenvalue weighted by Crippen LogP contribution is -2.40. The van der Waals surface area contributed by atoms with Gasteiger partial charge in [-0.25, -0.2) is 12.8 Å². The second-order valence-corrected chi connectivity index (χ2v) is 8.00. The Morgan fingerprint density at radius 2 is 1.93 bits per heavy atom. The first-order chi connectivity index (χ1) is 12.9. The second kappa shape index (κ2) is 7.79. The second-order valence-electron chi connectivity index (χ2n) is 6.00. The number of ether oxygens (including phenoxy) is 1. The molecule has 0 spiro atoms. The van der Waals surface area contributed by atoms with Crippen molar-refractivity contribution in [1.82, 2.24) is 10.9 Å². The third-order valence-electron chi connectivity index (χ3n) is 4.11. The zero-order valence-corrected chi connectivity index (χ0v) is 15.5. The summed E-state index contributed by atoms with van der Waals surface area (Å²) in [5.41, 5.74) is 6.74. The Kier molecular flexibility index (Phi) is 5.46. The van der Waals surface area contributed by atoms with Gasteiger partial charge in [-0.15, -0.1) is 0 Å². The van der Waals surface area contributed by atoms with Crippen LogP contribution in [0.1, 0.15) is 18.1 Å². The van der Waals surface area contributed by atoms with Gasteiger partial charge in [-0.1, -0.05) is 19.1 Å². The molecule has 0 saturated heterocycles. The molecule has 2 aromatic rings. The maximum absolute atomic E-state index is 13.5. The summed E-state index contributed by atoms with van der Waals surface area (Å²) in [6, 6.07) is 10.8. The van der Waals surface area contributed by atoms with Gasteiger partial charge in [0.05, 0.1) is 16.3 Å². The van der Waals surface area contributed by atoms with Crippen LogP contribution in [0.2, 0.25) is 0 Å². The molecule has 0 saturated carbocycles. The number of nitrogens with one attached hydrogen (secondary N) is 2. The van der Waals surface area contributed by atoms with Crippen molar-refractivity contribution in [1.29, 1.82) is 0 Å². The van der Waals surface area contributed by atoms with Crippen LogP contribution in [0.4, 0.5) is 4.39 Å². The first-order valence-corrected chi connectivity index (χ1v) is 10.0. The van der Waals surface area contributed by atoms with Gasteiger partial charge in [0.2, 0.25) is 0 Å². The lowest BCUT2D eigenvalue weighted by Gasteiger charge is -2.20. The van der Waals surface area contributed by atoms with E-state index in [9.17, 15) is 17.6 Å². The molecule has 1 amide bonds. The fourth-order valence-electron chi connectivity index (χ4n) is 2.64. The fraction of sp³-hybridized carbons (Fsp3) is 0.211. The van der Waals surface area contributed by atoms with E-state index in [4.69, 9.17) is 4.74 Å². The van der Waals surface area contributed by atoms with E-state index in [1.165, 1.54) is 17.7 Å². The van der Waals surface area contributed by atoms with Crippen molar-refractivity contribution in [3.05, 3.63) is 65.5 Å². The molecule has 1 heterocycles. The highest BCUT2D eigenvalue weighted by molar-refractivity contribution is 7.91. The molecule has 0 bridgehead atoms. The topological polar surface area (TPSA) is 84.5 Å². The zero-order valence-electron chi connectivity index (χ0n) is 14.7. The summed E-state index contributed by atoms with van der Waals surface area (Å²) in [4.78, 5) is 12.0. The molecule has 0 fully saturated rings. The number of fused-ring (bicyclic) bond motifs is 1. The molecule has 3 rings (SSSR count). The minimum atomic E-state index is -3.50. The van der Waals surface area contributed by atoms with Gasteiger partial charge in [0.25, 0.3) is 5.91 Å². The highest BCUT2D eigenvalue weighted by atomic mass is 32.2. The molecule has 0 atom stereocenters. The summed E-state index contributed by atoms with van der Waals surface area (Å²) >= 11 is 0. The standard InChI is InChI=1S/C19H19FN2O4S/c1-2-13-3-6-15(7-4-13)26-12-19(23)22-21-17-9-10-27(24,25)18-8-5-14(20)11-16(17)18/h3-9,11,21H,2,10,12H2,1H3,(H,22,23). The number of hydrazine groups is 1. The van der Waals surface area contributed by atoms with E-state index in [2.05, 4.69) is 10.9 Å². The average molecular weight is 390 g/mol. The third kappa shape index (κ3) is 4.46. The molecule has 0 aliphatic carbocycles. The van der Waals surface area contributed by atoms with Crippen molar-refractivity contribution in [3.8, 4) is 5.75 Å². The molecule has 1 aliphatic rings. The lowest BCUT2D eigenvalue weighted by atomic mass is 10.1. The van der Waals surface area contributed by atoms with Crippen molar-refractivity contribution in [2.75, 3.05) is 12.4 Å². The maximum atomic E-state index is 13.5. The molecule has 0 aromatic heterocycles. The van der Waals surface area contributed by atoms with Gasteiger partial charge in [-0.05, 0) is 48.4 Å². The van der Waals surface area contributed by atoms with Crippen LogP contribution in [0.15, 0.2) is 53.4 Å². The van der Waals surface area contributed by atoms with Gasteiger partial charge in [0.1, 0.15) is 11.6 Å². The molecule has 27 heavy (non-hydrogen) atoms. The quantitative estimate of drug-likeness (QED) is 0.584. The fourth-order valence-corrected chi connectivity index (χ4v) is 3.98. The number of halogens is 1. The van der Waals surface area contributed by atoms with Crippen LogP contribution >= 0.6 is 0 Å². The summed E-state index contributed by atoms with van der Waals surface area (Å²) in [5.74, 6) is -0.687. The Morgan fingerprint density at radius 3 is 2.63 bits per heavy atom. The molecule has 2 N–H and O–H groups in total. The molecule has 8 heteroatoms. The molecule has 0 unspecified atom stereocenters. The summed E-state index contributed by atoms with van der Waals surface area (Å²) in [7, 11) is -3.50. The molecule has 0 radical (unpaired) electrons. The first-order valence-electron chi connectivity index (χ1n) is 8.38. The Hall–Kier alpha value is -2.87. The molecule has 6 nitrogen and oxygen atoms in total. The Morgan fingerprint density at radius 1 is 1.19 bits per heavy atom. The SMILES string of the molecule is CCc1ccc(OCC(=O)NNC2=CCS(=O)(=O)c3ccc(F)cc32)cc1. The molecular formula is C19H19FN2O4S. The van der Waals surface area contributed by atoms with Crippen molar-refractivity contribution < 1.29 is 22.3 Å². The average Bonchev–Trinajstić information content (AvgIpc) is 2.66. The normalized spacial score (nSPS) is 14.7. The Bertz CT molecular complexity index is 985. The minimum absolute atomic E-state index is 0.0235. The van der Waals surface area contributed by atoms with Crippen LogP contribution in [0, 0.1) is 5.82 Å². The van der Waals surface area contributed by atoms with Crippen molar-refractivity contribution in [2.24, 2.45) is 0 Å². The zero-order chi connectivity index (χ0) is 19.4. The van der Waals surface area contributed by atoms with Gasteiger partial charge >= 0.3 is 0 Å². The number of hydrogen-bond acceptors (Lipinski definition) is 5. The van der Waals surface area contributed by atoms with Gasteiger partial charge in [-0.2, -0.15) is 0 Å². The predicted molar refractivity (Wildman–Crippen MR) is 99.0 cm³/mol. The Labute approximate surface area is 156 Å². The number of carbonyl (C=O) groups excluding carboxylic acids is 1. The predicted octanol–water partition coefficient (Wildman–Crippen LogP) is 2.22. The van der Waals surface area contributed by atoms with Gasteiger partial charge < -0.3 is 4.74 Å². The number of hydrogen-bond donors (Lipinski definition) is 2. The van der Waals surface area contributed by atoms with Crippen LogP contribution < -0.4 is 15.6 Å². The van der Waals surface area contributed by atoms with E-state index < -0.39 is 21.6 Å². The van der Waals surface area contributed by atoms with Crippen LogP contribution in [0.25, 0.3) is 5.70 Å². The van der Waals surface area contributed by atoms with Crippen molar-refractivity contribution >= 4 is 21.4 Å². The molecule has 1 aliphatic heterocycles. The molecule has 2 aromatic carbocycles.